The number of hydrogen-bond donors (Lipinski definition) is 1. The van der Waals surface area contributed by atoms with Crippen LogP contribution in [0.1, 0.15) is 0 Å². The first-order chi connectivity index (χ1) is 35.2. The molecule has 0 radical (unpaired) electrons. The maximum atomic E-state index is 4.04. The third-order valence-corrected chi connectivity index (χ3v) is 14.9. The minimum atomic E-state index is 0.759. The Labute approximate surface area is 419 Å². The second-order valence-corrected chi connectivity index (χ2v) is 19.3. The van der Waals surface area contributed by atoms with E-state index in [0.29, 0.717) is 0 Å². The van der Waals surface area contributed by atoms with Gasteiger partial charge in [-0.05, 0) is 123 Å². The molecule has 1 N–H and O–H groups in total. The predicted octanol–water partition coefficient (Wildman–Crippen LogP) is 17.1. The molecule has 1 aliphatic heterocycles. The smallest absolute Gasteiger partial charge is 0.198 e. The van der Waals surface area contributed by atoms with Gasteiger partial charge in [-0.25, -0.2) is 0 Å². The van der Waals surface area contributed by atoms with Gasteiger partial charge in [-0.2, -0.15) is 0 Å². The van der Waals surface area contributed by atoms with Crippen LogP contribution in [0.25, 0.3) is 64.7 Å². The van der Waals surface area contributed by atoms with E-state index in [-0.39, 0.29) is 0 Å². The molecule has 334 valence electrons. The summed E-state index contributed by atoms with van der Waals surface area (Å²) in [5.74, 6) is 0. The van der Waals surface area contributed by atoms with Crippen LogP contribution in [0.5, 0.6) is 0 Å². The Morgan fingerprint density at radius 2 is 0.958 bits per heavy atom. The zero-order valence-corrected chi connectivity index (χ0v) is 39.7. The number of benzene rings is 11. The lowest BCUT2D eigenvalue weighted by atomic mass is 9.57. The molecule has 0 fully saturated rings. The van der Waals surface area contributed by atoms with Crippen LogP contribution in [0.4, 0.5) is 45.5 Å². The molecule has 0 unspecified atom stereocenters. The molecule has 0 amide bonds. The number of nitrogens with one attached hydrogen (secondary N) is 1. The van der Waals surface area contributed by atoms with Gasteiger partial charge in [0.05, 0.1) is 5.69 Å². The lowest BCUT2D eigenvalue weighted by molar-refractivity contribution is 1.28. The molecule has 13 rings (SSSR count). The van der Waals surface area contributed by atoms with E-state index in [4.69, 9.17) is 0 Å². The average molecular weight is 924 g/mol. The molecule has 0 aliphatic carbocycles. The van der Waals surface area contributed by atoms with Gasteiger partial charge in [0.1, 0.15) is 0 Å². The summed E-state index contributed by atoms with van der Waals surface area (Å²) < 4.78 is 2.53. The van der Waals surface area contributed by atoms with Gasteiger partial charge < -0.3 is 15.1 Å². The quantitative estimate of drug-likeness (QED) is 0.138. The largest absolute Gasteiger partial charge is 0.355 e. The van der Waals surface area contributed by atoms with Crippen molar-refractivity contribution < 1.29 is 0 Å². The first-order valence-electron chi connectivity index (χ1n) is 24.3. The number of anilines is 8. The molecule has 0 atom stereocenters. The number of rotatable bonds is 10. The van der Waals surface area contributed by atoms with E-state index in [1.54, 1.807) is 0 Å². The third-order valence-electron chi connectivity index (χ3n) is 13.8. The molecule has 12 aromatic rings. The number of thiophene rings is 1. The second-order valence-electron chi connectivity index (χ2n) is 18.2. The lowest BCUT2D eigenvalue weighted by Crippen LogP contribution is -2.41. The van der Waals surface area contributed by atoms with E-state index in [2.05, 4.69) is 282 Å². The highest BCUT2D eigenvalue weighted by Crippen LogP contribution is 2.49. The SMILES string of the molecule is B1c2ccc(-c3ccccc3)cc2N(c2cccc(-c3ccccc3)c2)c2c1c(-c1ccc(N(c3ccccc3)c3ccccc3)cc1Nc1cccc(-c3ccccc3)c1)cc1sc3ccccc3c21. The van der Waals surface area contributed by atoms with Crippen LogP contribution in [0, 0.1) is 0 Å². The minimum Gasteiger partial charge on any atom is -0.355 e. The van der Waals surface area contributed by atoms with E-state index in [9.17, 15) is 0 Å². The zero-order chi connectivity index (χ0) is 47.1. The van der Waals surface area contributed by atoms with Gasteiger partial charge in [0.2, 0.25) is 0 Å². The van der Waals surface area contributed by atoms with Crippen LogP contribution in [0.2, 0.25) is 0 Å². The van der Waals surface area contributed by atoms with Crippen molar-refractivity contribution in [1.29, 1.82) is 0 Å². The summed E-state index contributed by atoms with van der Waals surface area (Å²) in [5.41, 5.74) is 20.9. The van der Waals surface area contributed by atoms with Crippen LogP contribution in [-0.4, -0.2) is 7.28 Å². The number of hydrogen-bond acceptors (Lipinski definition) is 4. The van der Waals surface area contributed by atoms with Crippen molar-refractivity contribution in [3.05, 3.63) is 267 Å². The lowest BCUT2D eigenvalue weighted by Gasteiger charge is -2.36. The van der Waals surface area contributed by atoms with Gasteiger partial charge in [0.25, 0.3) is 0 Å². The Morgan fingerprint density at radius 3 is 1.62 bits per heavy atom. The average Bonchev–Trinajstić information content (AvgIpc) is 3.82. The Bertz CT molecular complexity index is 3840. The van der Waals surface area contributed by atoms with Crippen molar-refractivity contribution in [1.82, 2.24) is 0 Å². The van der Waals surface area contributed by atoms with Gasteiger partial charge in [-0.1, -0.05) is 194 Å². The minimum absolute atomic E-state index is 0.759. The molecule has 0 bridgehead atoms. The van der Waals surface area contributed by atoms with Crippen LogP contribution in [0.15, 0.2) is 267 Å². The molecular formula is C66H46BN3S. The van der Waals surface area contributed by atoms with Crippen molar-refractivity contribution in [2.24, 2.45) is 0 Å². The highest BCUT2D eigenvalue weighted by Gasteiger charge is 2.32. The van der Waals surface area contributed by atoms with Crippen molar-refractivity contribution in [3.8, 4) is 44.5 Å². The van der Waals surface area contributed by atoms with Crippen LogP contribution in [-0.2, 0) is 0 Å². The summed E-state index contributed by atoms with van der Waals surface area (Å²) in [6.07, 6.45) is 0. The summed E-state index contributed by atoms with van der Waals surface area (Å²) in [7, 11) is 0.759. The molecule has 1 aliphatic rings. The molecule has 3 nitrogen and oxygen atoms in total. The number of para-hydroxylation sites is 2. The van der Waals surface area contributed by atoms with Crippen LogP contribution < -0.4 is 26.0 Å². The summed E-state index contributed by atoms with van der Waals surface area (Å²) >= 11 is 1.88. The van der Waals surface area contributed by atoms with Crippen LogP contribution >= 0.6 is 11.3 Å². The van der Waals surface area contributed by atoms with Crippen molar-refractivity contribution >= 4 is 95.2 Å². The standard InChI is InChI=1S/C66H46BN3S/c1-6-20-45(21-7-1)48-26-18-28-51(40-48)68-60-43-55(69(52-29-12-4-13-30-52)53-31-14-5-15-32-53)37-38-56(60)58-44-63-64(57-34-16-17-35-62(57)71-63)66-65(58)67-59-39-36-50(47-24-10-3-11-25-47)42-61(59)70(66)54-33-19-27-49(41-54)46-22-8-2-9-23-46/h1-44,67-68H. The van der Waals surface area contributed by atoms with Gasteiger partial charge in [-0.15, -0.1) is 11.3 Å². The molecule has 1 aromatic heterocycles. The molecule has 5 heteroatoms. The summed E-state index contributed by atoms with van der Waals surface area (Å²) in [5, 5.41) is 6.59. The fourth-order valence-electron chi connectivity index (χ4n) is 10.5. The maximum Gasteiger partial charge on any atom is 0.198 e. The van der Waals surface area contributed by atoms with Crippen molar-refractivity contribution in [3.63, 3.8) is 0 Å². The third kappa shape index (κ3) is 7.93. The fraction of sp³-hybridized carbons (Fsp3) is 0. The molecule has 0 saturated heterocycles. The molecule has 2 heterocycles. The molecule has 0 saturated carbocycles. The van der Waals surface area contributed by atoms with Gasteiger partial charge in [0.15, 0.2) is 7.28 Å². The summed E-state index contributed by atoms with van der Waals surface area (Å²) in [4.78, 5) is 4.93. The van der Waals surface area contributed by atoms with E-state index in [1.165, 1.54) is 75.9 Å². The van der Waals surface area contributed by atoms with Gasteiger partial charge in [0, 0.05) is 65.5 Å². The maximum absolute atomic E-state index is 4.04. The molecule has 71 heavy (non-hydrogen) atoms. The van der Waals surface area contributed by atoms with Gasteiger partial charge in [-0.3, -0.25) is 0 Å². The van der Waals surface area contributed by atoms with E-state index in [0.717, 1.165) is 52.5 Å². The first-order valence-corrected chi connectivity index (χ1v) is 25.1. The Kier molecular flexibility index (Phi) is 10.8. The van der Waals surface area contributed by atoms with E-state index in [1.807, 2.05) is 11.3 Å². The molecular weight excluding hydrogens is 878 g/mol. The van der Waals surface area contributed by atoms with Crippen molar-refractivity contribution in [2.75, 3.05) is 15.1 Å². The summed E-state index contributed by atoms with van der Waals surface area (Å²) in [6, 6.07) is 96.9. The van der Waals surface area contributed by atoms with E-state index >= 15 is 0 Å². The first kappa shape index (κ1) is 42.2. The molecule has 11 aromatic carbocycles. The Balaban J connectivity index is 1.08. The second kappa shape index (κ2) is 18.2. The van der Waals surface area contributed by atoms with Crippen LogP contribution in [0.3, 0.4) is 0 Å². The van der Waals surface area contributed by atoms with Crippen molar-refractivity contribution in [2.45, 2.75) is 0 Å². The van der Waals surface area contributed by atoms with Gasteiger partial charge >= 0.3 is 0 Å². The Morgan fingerprint density at radius 1 is 0.394 bits per heavy atom. The highest BCUT2D eigenvalue weighted by molar-refractivity contribution is 7.26. The number of fused-ring (bicyclic) bond motifs is 6. The summed E-state index contributed by atoms with van der Waals surface area (Å²) in [6.45, 7) is 0. The topological polar surface area (TPSA) is 18.5 Å². The molecule has 0 spiro atoms. The monoisotopic (exact) mass is 923 g/mol. The number of nitrogens with zero attached hydrogens (tertiary/aromatic N) is 2. The predicted molar refractivity (Wildman–Crippen MR) is 307 cm³/mol. The highest BCUT2D eigenvalue weighted by atomic mass is 32.1. The zero-order valence-electron chi connectivity index (χ0n) is 38.9. The normalized spacial score (nSPS) is 11.7. The Hall–Kier alpha value is -8.90. The fourth-order valence-corrected chi connectivity index (χ4v) is 11.7. The van der Waals surface area contributed by atoms with E-state index < -0.39 is 0 Å².